The van der Waals surface area contributed by atoms with Gasteiger partial charge >= 0.3 is 0 Å². The van der Waals surface area contributed by atoms with Crippen LogP contribution < -0.4 is 4.74 Å². The molecule has 2 aromatic rings. The zero-order chi connectivity index (χ0) is 15.2. The predicted molar refractivity (Wildman–Crippen MR) is 77.8 cm³/mol. The SMILES string of the molecule is COc1ccc(-c2nc3c(n2O)C(=O)CC(C)(C)C3)cc1. The van der Waals surface area contributed by atoms with E-state index < -0.39 is 0 Å². The van der Waals surface area contributed by atoms with Gasteiger partial charge in [0.2, 0.25) is 0 Å². The number of imidazole rings is 1. The molecule has 0 fully saturated rings. The maximum atomic E-state index is 12.2. The van der Waals surface area contributed by atoms with Gasteiger partial charge in [-0.3, -0.25) is 4.79 Å². The summed E-state index contributed by atoms with van der Waals surface area (Å²) in [6, 6.07) is 7.23. The summed E-state index contributed by atoms with van der Waals surface area (Å²) < 4.78 is 6.04. The molecule has 1 N–H and O–H groups in total. The van der Waals surface area contributed by atoms with Crippen molar-refractivity contribution in [3.63, 3.8) is 0 Å². The van der Waals surface area contributed by atoms with E-state index in [2.05, 4.69) is 4.98 Å². The number of hydrogen-bond donors (Lipinski definition) is 1. The van der Waals surface area contributed by atoms with Crippen LogP contribution >= 0.6 is 0 Å². The van der Waals surface area contributed by atoms with Crippen molar-refractivity contribution >= 4 is 5.78 Å². The first-order valence-corrected chi connectivity index (χ1v) is 6.90. The Morgan fingerprint density at radius 3 is 2.52 bits per heavy atom. The van der Waals surface area contributed by atoms with Crippen molar-refractivity contribution in [1.82, 2.24) is 9.71 Å². The second-order valence-corrected chi connectivity index (χ2v) is 6.21. The minimum atomic E-state index is -0.115. The van der Waals surface area contributed by atoms with Crippen LogP contribution in [-0.4, -0.2) is 27.8 Å². The monoisotopic (exact) mass is 286 g/mol. The third-order valence-corrected chi connectivity index (χ3v) is 3.82. The lowest BCUT2D eigenvalue weighted by atomic mass is 9.77. The Balaban J connectivity index is 2.07. The molecule has 5 nitrogen and oxygen atoms in total. The third kappa shape index (κ3) is 2.28. The number of hydrogen-bond acceptors (Lipinski definition) is 4. The summed E-state index contributed by atoms with van der Waals surface area (Å²) in [5.74, 6) is 1.07. The van der Waals surface area contributed by atoms with Crippen molar-refractivity contribution in [2.45, 2.75) is 26.7 Å². The highest BCUT2D eigenvalue weighted by atomic mass is 16.5. The van der Waals surface area contributed by atoms with Crippen LogP contribution in [0.25, 0.3) is 11.4 Å². The van der Waals surface area contributed by atoms with Crippen LogP contribution in [0.3, 0.4) is 0 Å². The number of rotatable bonds is 2. The number of carbonyl (C=O) groups excluding carboxylic acids is 1. The molecule has 0 bridgehead atoms. The number of aromatic nitrogens is 2. The molecule has 1 heterocycles. The summed E-state index contributed by atoms with van der Waals surface area (Å²) in [6.07, 6.45) is 1.11. The summed E-state index contributed by atoms with van der Waals surface area (Å²) in [5.41, 5.74) is 1.62. The van der Waals surface area contributed by atoms with Crippen molar-refractivity contribution in [3.8, 4) is 17.1 Å². The summed E-state index contributed by atoms with van der Waals surface area (Å²) >= 11 is 0. The number of fused-ring (bicyclic) bond motifs is 1. The second-order valence-electron chi connectivity index (χ2n) is 6.21. The number of methoxy groups -OCH3 is 1. The van der Waals surface area contributed by atoms with Gasteiger partial charge in [-0.05, 0) is 36.1 Å². The van der Waals surface area contributed by atoms with Gasteiger partial charge < -0.3 is 9.94 Å². The van der Waals surface area contributed by atoms with Crippen LogP contribution in [0.15, 0.2) is 24.3 Å². The molecule has 5 heteroatoms. The predicted octanol–water partition coefficient (Wildman–Crippen LogP) is 2.95. The van der Waals surface area contributed by atoms with E-state index in [0.717, 1.165) is 16.0 Å². The highest BCUT2D eigenvalue weighted by molar-refractivity contribution is 5.97. The van der Waals surface area contributed by atoms with Crippen LogP contribution in [0.1, 0.15) is 36.5 Å². The van der Waals surface area contributed by atoms with Gasteiger partial charge in [-0.25, -0.2) is 4.98 Å². The fourth-order valence-corrected chi connectivity index (χ4v) is 2.82. The zero-order valence-corrected chi connectivity index (χ0v) is 12.4. The summed E-state index contributed by atoms with van der Waals surface area (Å²) in [6.45, 7) is 4.08. The summed E-state index contributed by atoms with van der Waals surface area (Å²) in [7, 11) is 1.60. The molecule has 1 aliphatic rings. The lowest BCUT2D eigenvalue weighted by molar-refractivity contribution is 0.0858. The zero-order valence-electron chi connectivity index (χ0n) is 12.4. The molecular formula is C16H18N2O3. The first kappa shape index (κ1) is 13.7. The second kappa shape index (κ2) is 4.62. The Morgan fingerprint density at radius 2 is 1.90 bits per heavy atom. The van der Waals surface area contributed by atoms with E-state index in [1.165, 1.54) is 0 Å². The molecule has 21 heavy (non-hydrogen) atoms. The van der Waals surface area contributed by atoms with E-state index >= 15 is 0 Å². The minimum Gasteiger partial charge on any atom is -0.497 e. The molecule has 1 aromatic carbocycles. The normalized spacial score (nSPS) is 16.6. The molecule has 0 unspecified atom stereocenters. The number of ketones is 1. The summed E-state index contributed by atoms with van der Waals surface area (Å²) in [4.78, 5) is 16.7. The first-order valence-electron chi connectivity index (χ1n) is 6.90. The van der Waals surface area contributed by atoms with Crippen LogP contribution in [-0.2, 0) is 6.42 Å². The smallest absolute Gasteiger partial charge is 0.185 e. The number of Topliss-reactive ketones (excluding diaryl/α,β-unsaturated/α-hetero) is 1. The van der Waals surface area contributed by atoms with E-state index in [0.29, 0.717) is 30.1 Å². The van der Waals surface area contributed by atoms with Gasteiger partial charge in [-0.1, -0.05) is 13.8 Å². The number of carbonyl (C=O) groups is 1. The molecule has 110 valence electrons. The lowest BCUT2D eigenvalue weighted by Crippen LogP contribution is -2.28. The molecule has 1 aromatic heterocycles. The van der Waals surface area contributed by atoms with E-state index in [1.807, 2.05) is 26.0 Å². The molecule has 0 amide bonds. The molecule has 0 saturated heterocycles. The largest absolute Gasteiger partial charge is 0.497 e. The molecule has 0 atom stereocenters. The van der Waals surface area contributed by atoms with Gasteiger partial charge in [0, 0.05) is 12.0 Å². The van der Waals surface area contributed by atoms with E-state index in [1.54, 1.807) is 19.2 Å². The van der Waals surface area contributed by atoms with Gasteiger partial charge in [0.1, 0.15) is 11.4 Å². The van der Waals surface area contributed by atoms with Crippen molar-refractivity contribution in [2.24, 2.45) is 5.41 Å². The van der Waals surface area contributed by atoms with Gasteiger partial charge in [-0.2, -0.15) is 4.73 Å². The van der Waals surface area contributed by atoms with Crippen LogP contribution in [0.5, 0.6) is 5.75 Å². The molecule has 0 aliphatic heterocycles. The topological polar surface area (TPSA) is 64.3 Å². The minimum absolute atomic E-state index is 0.0592. The van der Waals surface area contributed by atoms with Gasteiger partial charge in [-0.15, -0.1) is 0 Å². The van der Waals surface area contributed by atoms with Crippen molar-refractivity contribution in [2.75, 3.05) is 7.11 Å². The molecular weight excluding hydrogens is 268 g/mol. The van der Waals surface area contributed by atoms with Crippen LogP contribution in [0, 0.1) is 5.41 Å². The standard InChI is InChI=1S/C16H18N2O3/c1-16(2)8-12-14(13(19)9-16)18(20)15(17-12)10-4-6-11(21-3)7-5-10/h4-7,20H,8-9H2,1-3H3. The molecule has 0 saturated carbocycles. The Hall–Kier alpha value is -2.30. The number of nitrogens with zero attached hydrogens (tertiary/aromatic N) is 2. The highest BCUT2D eigenvalue weighted by Crippen LogP contribution is 2.36. The van der Waals surface area contributed by atoms with Crippen LogP contribution in [0.4, 0.5) is 0 Å². The quantitative estimate of drug-likeness (QED) is 0.862. The Morgan fingerprint density at radius 1 is 1.24 bits per heavy atom. The first-order chi connectivity index (χ1) is 9.91. The third-order valence-electron chi connectivity index (χ3n) is 3.82. The Labute approximate surface area is 123 Å². The van der Waals surface area contributed by atoms with Crippen molar-refractivity contribution < 1.29 is 14.7 Å². The lowest BCUT2D eigenvalue weighted by Gasteiger charge is -2.27. The van der Waals surface area contributed by atoms with Crippen molar-refractivity contribution in [3.05, 3.63) is 35.7 Å². The molecule has 0 radical (unpaired) electrons. The maximum Gasteiger partial charge on any atom is 0.185 e. The molecule has 3 rings (SSSR count). The average Bonchev–Trinajstić information content (AvgIpc) is 2.74. The Kier molecular flexibility index (Phi) is 3.01. The fourth-order valence-electron chi connectivity index (χ4n) is 2.82. The highest BCUT2D eigenvalue weighted by Gasteiger charge is 2.36. The Bertz CT molecular complexity index is 699. The number of ether oxygens (including phenoxy) is 1. The van der Waals surface area contributed by atoms with E-state index in [-0.39, 0.29) is 11.2 Å². The van der Waals surface area contributed by atoms with E-state index in [4.69, 9.17) is 4.74 Å². The van der Waals surface area contributed by atoms with Crippen molar-refractivity contribution in [1.29, 1.82) is 0 Å². The summed E-state index contributed by atoms with van der Waals surface area (Å²) in [5, 5.41) is 10.3. The average molecular weight is 286 g/mol. The van der Waals surface area contributed by atoms with Crippen LogP contribution in [0.2, 0.25) is 0 Å². The van der Waals surface area contributed by atoms with Gasteiger partial charge in [0.05, 0.1) is 12.8 Å². The van der Waals surface area contributed by atoms with Gasteiger partial charge in [0.15, 0.2) is 11.6 Å². The number of benzene rings is 1. The van der Waals surface area contributed by atoms with E-state index in [9.17, 15) is 10.0 Å². The molecule has 0 spiro atoms. The maximum absolute atomic E-state index is 12.2. The fraction of sp³-hybridized carbons (Fsp3) is 0.375. The molecule has 1 aliphatic carbocycles. The van der Waals surface area contributed by atoms with Gasteiger partial charge in [0.25, 0.3) is 0 Å².